The molecule has 10 aromatic rings. The molecule has 0 fully saturated rings. The van der Waals surface area contributed by atoms with Crippen LogP contribution in [0.2, 0.25) is 0 Å². The van der Waals surface area contributed by atoms with Gasteiger partial charge >= 0.3 is 0 Å². The second kappa shape index (κ2) is 20.0. The van der Waals surface area contributed by atoms with E-state index in [-0.39, 0.29) is 71.3 Å². The molecule has 7 aromatic carbocycles. The number of aryl methyl sites for hydroxylation is 2. The van der Waals surface area contributed by atoms with Crippen LogP contribution >= 0.6 is 0 Å². The van der Waals surface area contributed by atoms with Crippen molar-refractivity contribution in [2.45, 2.75) is 80.3 Å². The molecular weight excluding hydrogens is 1060 g/mol. The molecule has 3 aromatic heterocycles. The Hall–Kier alpha value is -6.67. The number of halogens is 4. The van der Waals surface area contributed by atoms with E-state index in [1.165, 1.54) is 36.4 Å². The van der Waals surface area contributed by atoms with Gasteiger partial charge in [-0.15, -0.1) is 48.0 Å². The second-order valence-electron chi connectivity index (χ2n) is 18.2. The van der Waals surface area contributed by atoms with E-state index in [9.17, 15) is 20.3 Å². The van der Waals surface area contributed by atoms with Crippen molar-refractivity contribution in [2.24, 2.45) is 5.41 Å². The van der Waals surface area contributed by atoms with Gasteiger partial charge < -0.3 is 14.0 Å². The van der Waals surface area contributed by atoms with Crippen molar-refractivity contribution < 1.29 is 58.5 Å². The molecule has 0 unspecified atom stereocenters. The van der Waals surface area contributed by atoms with Crippen LogP contribution in [0.4, 0.5) is 17.6 Å². The molecule has 9 heteroatoms. The van der Waals surface area contributed by atoms with Gasteiger partial charge in [0.05, 0.1) is 30.7 Å². The first-order valence-electron chi connectivity index (χ1n) is 28.1. The predicted octanol–water partition coefficient (Wildman–Crippen LogP) is 17.3. The number of benzene rings is 7. The molecule has 0 aliphatic heterocycles. The van der Waals surface area contributed by atoms with Crippen LogP contribution in [0.15, 0.2) is 138 Å². The topological polar surface area (TPSA) is 43.9 Å². The van der Waals surface area contributed by atoms with Gasteiger partial charge in [-0.1, -0.05) is 120 Å². The summed E-state index contributed by atoms with van der Waals surface area (Å²) < 4.78 is 164. The molecule has 0 saturated carbocycles. The molecule has 3 heterocycles. The molecule has 0 aliphatic carbocycles. The van der Waals surface area contributed by atoms with Crippen LogP contribution in [0, 0.1) is 54.5 Å². The summed E-state index contributed by atoms with van der Waals surface area (Å²) >= 11 is 0. The Labute approximate surface area is 437 Å². The number of hydrogen-bond donors (Lipinski definition) is 0. The van der Waals surface area contributed by atoms with E-state index in [0.29, 0.717) is 84.4 Å². The van der Waals surface area contributed by atoms with Gasteiger partial charge in [0, 0.05) is 69.0 Å². The van der Waals surface area contributed by atoms with Crippen LogP contribution < -0.4 is 0 Å². The predicted molar refractivity (Wildman–Crippen MR) is 273 cm³/mol. The quantitative estimate of drug-likeness (QED) is 0.112. The maximum absolute atomic E-state index is 14.9. The zero-order chi connectivity index (χ0) is 59.3. The first-order valence-corrected chi connectivity index (χ1v) is 22.1. The molecule has 70 heavy (non-hydrogen) atoms. The van der Waals surface area contributed by atoms with Crippen molar-refractivity contribution in [1.82, 2.24) is 14.5 Å². The van der Waals surface area contributed by atoms with Crippen LogP contribution in [-0.4, -0.2) is 14.5 Å². The minimum absolute atomic E-state index is 0. The van der Waals surface area contributed by atoms with Gasteiger partial charge in [0.1, 0.15) is 23.0 Å². The summed E-state index contributed by atoms with van der Waals surface area (Å²) in [5, 5.41) is 1.32. The summed E-state index contributed by atoms with van der Waals surface area (Å²) in [6, 6.07) is 34.2. The van der Waals surface area contributed by atoms with Crippen molar-refractivity contribution in [3.05, 3.63) is 197 Å². The maximum atomic E-state index is 14.9. The summed E-state index contributed by atoms with van der Waals surface area (Å²) in [4.78, 5) is 9.06. The largest absolute Gasteiger partial charge is 0.501 e. The second-order valence-corrected chi connectivity index (χ2v) is 18.2. The monoisotopic (exact) mass is 1120 g/mol. The van der Waals surface area contributed by atoms with Gasteiger partial charge in [-0.3, -0.25) is 9.37 Å². The summed E-state index contributed by atoms with van der Waals surface area (Å²) in [7, 11) is 0. The van der Waals surface area contributed by atoms with E-state index in [0.717, 1.165) is 12.3 Å². The molecule has 0 spiro atoms. The first kappa shape index (κ1) is 36.3. The van der Waals surface area contributed by atoms with Crippen molar-refractivity contribution in [3.8, 4) is 50.6 Å². The molecule has 0 N–H and O–H groups in total. The number of nitrogens with zero attached hydrogens (tertiary/aromatic N) is 3. The Bertz CT molecular complexity index is 4020. The smallest absolute Gasteiger partial charge is 0.136 e. The van der Waals surface area contributed by atoms with E-state index in [1.54, 1.807) is 78.8 Å². The third kappa shape index (κ3) is 10.0. The Morgan fingerprint density at radius 1 is 0.757 bits per heavy atom. The fraction of sp³-hybridized carbons (Fsp3) is 0.213. The first-order chi connectivity index (χ1) is 37.6. The van der Waals surface area contributed by atoms with Gasteiger partial charge in [0.15, 0.2) is 0 Å². The molecule has 0 aliphatic rings. The number of para-hydroxylation sites is 2. The Morgan fingerprint density at radius 3 is 2.10 bits per heavy atom. The summed E-state index contributed by atoms with van der Waals surface area (Å²) in [6.45, 7) is 7.10. The molecule has 0 amide bonds. The zero-order valence-corrected chi connectivity index (χ0v) is 41.5. The Morgan fingerprint density at radius 2 is 1.46 bits per heavy atom. The SMILES string of the molecule is [2H]C([2H])([2H])c1cnc(-c2[c-]cc(F)cc2)cc1C([2H])([2H])[2H].[2H]c1cc(C([2H])([2H])C(C)(C)C)cc([2H])c1-c1cc(C([2H])(C)C)c(-n2c(-c3[c-]ccc4c3oc3cc(-c5c(F)cc(F)cc5F)ccc34)nc3ccccc32)c(C([2H])(C)C)c1.[Ir]. The van der Waals surface area contributed by atoms with Crippen molar-refractivity contribution in [3.63, 3.8) is 0 Å². The zero-order valence-electron chi connectivity index (χ0n) is 51.1. The number of aromatic nitrogens is 3. The molecule has 0 saturated heterocycles. The van der Waals surface area contributed by atoms with Crippen molar-refractivity contribution >= 4 is 33.0 Å². The molecule has 1 radical (unpaired) electrons. The normalized spacial score (nSPS) is 15.1. The molecule has 357 valence electrons. The van der Waals surface area contributed by atoms with E-state index >= 15 is 0 Å². The number of pyridine rings is 1. The van der Waals surface area contributed by atoms with E-state index in [4.69, 9.17) is 23.1 Å². The van der Waals surface area contributed by atoms with Crippen LogP contribution in [0.25, 0.3) is 83.6 Å². The van der Waals surface area contributed by atoms with Crippen LogP contribution in [-0.2, 0) is 26.5 Å². The minimum Gasteiger partial charge on any atom is -0.501 e. The van der Waals surface area contributed by atoms with E-state index in [2.05, 4.69) is 17.1 Å². The fourth-order valence-electron chi connectivity index (χ4n) is 8.31. The molecule has 0 atom stereocenters. The van der Waals surface area contributed by atoms with Crippen LogP contribution in [0.3, 0.4) is 0 Å². The molecular formula is C61H53F4IrN3O-2. The number of rotatable bonds is 8. The third-order valence-electron chi connectivity index (χ3n) is 11.4. The number of hydrogen-bond acceptors (Lipinski definition) is 3. The summed E-state index contributed by atoms with van der Waals surface area (Å²) in [6.07, 6.45) is -0.801. The standard InChI is InChI=1S/C48H42F3N2O.C13H11FN.Ir/c1-27(2)37-21-32(30-17-15-29(16-18-30)26-48(5,6)7)22-38(28(3)4)45(37)53-42-14-9-8-13-41(42)52-47(53)36-12-10-11-35-34-20-19-31(23-43(34)54-46(35)36)44-39(50)24-33(49)25-40(44)51;1-9-7-13(15-8-10(9)2)11-3-5-12(14)6-4-11;/h8-11,13-25,27-28H,26H2,1-7H3;3,5-8H,1-2H3;/q2*-1;/i17D,18D,26D2,27D,28D;1D3,2D3;. The third-order valence-corrected chi connectivity index (χ3v) is 11.4. The summed E-state index contributed by atoms with van der Waals surface area (Å²) in [5.41, 5.74) is 3.80. The molecule has 4 nitrogen and oxygen atoms in total. The van der Waals surface area contributed by atoms with Crippen molar-refractivity contribution in [2.75, 3.05) is 0 Å². The van der Waals surface area contributed by atoms with Gasteiger partial charge in [-0.2, -0.15) is 0 Å². The number of imidazole rings is 1. The Balaban J connectivity index is 0.000000337. The van der Waals surface area contributed by atoms with Gasteiger partial charge in [0.2, 0.25) is 0 Å². The van der Waals surface area contributed by atoms with Gasteiger partial charge in [-0.25, -0.2) is 13.2 Å². The average Bonchev–Trinajstić information content (AvgIpc) is 3.95. The number of furan rings is 1. The maximum Gasteiger partial charge on any atom is 0.136 e. The average molecular weight is 1120 g/mol. The number of fused-ring (bicyclic) bond motifs is 4. The van der Waals surface area contributed by atoms with Crippen LogP contribution in [0.5, 0.6) is 0 Å². The van der Waals surface area contributed by atoms with E-state index in [1.807, 2.05) is 34.9 Å². The van der Waals surface area contributed by atoms with Gasteiger partial charge in [0.25, 0.3) is 0 Å². The fourth-order valence-corrected chi connectivity index (χ4v) is 8.31. The molecule has 0 bridgehead atoms. The van der Waals surface area contributed by atoms with Crippen LogP contribution in [0.1, 0.15) is 105 Å². The Kier molecular flexibility index (Phi) is 10.4. The van der Waals surface area contributed by atoms with Gasteiger partial charge in [-0.05, 0) is 112 Å². The molecule has 10 rings (SSSR count). The summed E-state index contributed by atoms with van der Waals surface area (Å²) in [5.74, 6) is -5.82. The van der Waals surface area contributed by atoms with Crippen molar-refractivity contribution in [1.29, 1.82) is 0 Å². The minimum atomic E-state index is -2.58. The van der Waals surface area contributed by atoms with E-state index < -0.39 is 60.5 Å².